The summed E-state index contributed by atoms with van der Waals surface area (Å²) in [4.78, 5) is 0. The molecule has 0 saturated heterocycles. The summed E-state index contributed by atoms with van der Waals surface area (Å²) >= 11 is 7.98. The Kier molecular flexibility index (Phi) is 2.90. The molecule has 0 saturated carbocycles. The van der Waals surface area contributed by atoms with Gasteiger partial charge in [-0.05, 0) is 11.9 Å². The van der Waals surface area contributed by atoms with Gasteiger partial charge in [-0.15, -0.1) is 4.37 Å². The monoisotopic (exact) mass is 258 g/mol. The Labute approximate surface area is 98.2 Å². The van der Waals surface area contributed by atoms with Crippen molar-refractivity contribution in [1.82, 2.24) is 8.75 Å². The predicted octanol–water partition coefficient (Wildman–Crippen LogP) is 1.94. The number of halogens is 1. The third-order valence-corrected chi connectivity index (χ3v) is 2.84. The average molecular weight is 259 g/mol. The van der Waals surface area contributed by atoms with E-state index in [9.17, 15) is 0 Å². The van der Waals surface area contributed by atoms with Gasteiger partial charge in [0, 0.05) is 6.26 Å². The molecule has 0 unspecified atom stereocenters. The molecule has 2 aliphatic rings. The maximum Gasteiger partial charge on any atom is 0.247 e. The molecule has 2 rings (SSSR count). The van der Waals surface area contributed by atoms with Gasteiger partial charge < -0.3 is 4.42 Å². The Bertz CT molecular complexity index is 569. The summed E-state index contributed by atoms with van der Waals surface area (Å²) in [5.74, 6) is 0.296. The van der Waals surface area contributed by atoms with Crippen LogP contribution in [0.3, 0.4) is 0 Å². The minimum absolute atomic E-state index is 0.216. The number of hydrogen-bond acceptors (Lipinski definition) is 7. The Morgan fingerprint density at radius 3 is 3.07 bits per heavy atom. The largest absolute Gasteiger partial charge is 0.417 e. The second kappa shape index (κ2) is 4.18. The fraction of sp³-hybridized carbons (Fsp3) is 0.143. The van der Waals surface area contributed by atoms with Gasteiger partial charge >= 0.3 is 0 Å². The lowest BCUT2D eigenvalue weighted by Gasteiger charge is -1.93. The van der Waals surface area contributed by atoms with E-state index in [1.807, 2.05) is 6.07 Å². The fourth-order valence-corrected chi connectivity index (χ4v) is 2.02. The van der Waals surface area contributed by atoms with Crippen molar-refractivity contribution < 1.29 is 4.42 Å². The third-order valence-electron chi connectivity index (χ3n) is 1.61. The van der Waals surface area contributed by atoms with Crippen molar-refractivity contribution in [3.8, 4) is 17.5 Å². The molecule has 0 aromatic carbocycles. The van der Waals surface area contributed by atoms with Crippen molar-refractivity contribution in [1.29, 1.82) is 5.26 Å². The van der Waals surface area contributed by atoms with Crippen LogP contribution < -0.4 is 5.55 Å². The molecule has 0 aromatic heterocycles. The molecular formula is C7H3ClN4OS2. The van der Waals surface area contributed by atoms with Crippen LogP contribution in [0.5, 0.6) is 0 Å². The first-order valence-corrected chi connectivity index (χ1v) is 5.99. The number of hydrogen-bond donors (Lipinski definition) is 0. The van der Waals surface area contributed by atoms with Crippen LogP contribution in [0, 0.1) is 11.3 Å². The van der Waals surface area contributed by atoms with Crippen molar-refractivity contribution in [3.05, 3.63) is 16.3 Å². The predicted molar refractivity (Wildman–Crippen MR) is 57.6 cm³/mol. The molecule has 2 heterocycles. The van der Waals surface area contributed by atoms with E-state index in [1.165, 1.54) is 11.9 Å². The van der Waals surface area contributed by atoms with Gasteiger partial charge in [-0.1, -0.05) is 11.6 Å². The van der Waals surface area contributed by atoms with E-state index in [2.05, 4.69) is 13.1 Å². The zero-order valence-corrected chi connectivity index (χ0v) is 9.78. The van der Waals surface area contributed by atoms with Crippen LogP contribution in [0.15, 0.2) is 8.81 Å². The highest BCUT2D eigenvalue weighted by molar-refractivity contribution is 7.97. The van der Waals surface area contributed by atoms with Crippen LogP contribution in [-0.2, 0) is 0 Å². The van der Waals surface area contributed by atoms with Crippen LogP contribution in [0.4, 0.5) is 0 Å². The number of rotatable bonds is 1. The summed E-state index contributed by atoms with van der Waals surface area (Å²) in [6.45, 7) is 0. The lowest BCUT2D eigenvalue weighted by Crippen LogP contribution is -1.98. The standard InChI is InChI=1S/C7H3ClN4OS2/c1-14-11-6-3(2-9)4-5(8)10-15-12-7(4)13-6/h1H3. The Balaban J connectivity index is 2.87. The van der Waals surface area contributed by atoms with Crippen LogP contribution in [0.25, 0.3) is 11.5 Å². The molecule has 0 aromatic rings. The highest BCUT2D eigenvalue weighted by atomic mass is 35.5. The van der Waals surface area contributed by atoms with Crippen molar-refractivity contribution in [2.45, 2.75) is 0 Å². The molecule has 0 aliphatic carbocycles. The molecule has 0 amide bonds. The molecule has 0 radical (unpaired) electrons. The van der Waals surface area contributed by atoms with E-state index in [4.69, 9.17) is 21.3 Å². The fourth-order valence-electron chi connectivity index (χ4n) is 1.05. The number of furan rings is 1. The smallest absolute Gasteiger partial charge is 0.247 e. The lowest BCUT2D eigenvalue weighted by molar-refractivity contribution is 0.522. The molecule has 0 bridgehead atoms. The van der Waals surface area contributed by atoms with Crippen LogP contribution in [0.1, 0.15) is 5.56 Å². The summed E-state index contributed by atoms with van der Waals surface area (Å²) in [6, 6.07) is 1.98. The van der Waals surface area contributed by atoms with Gasteiger partial charge in [0.25, 0.3) is 0 Å². The molecule has 0 atom stereocenters. The van der Waals surface area contributed by atoms with Crippen molar-refractivity contribution in [2.75, 3.05) is 6.26 Å². The third kappa shape index (κ3) is 1.71. The van der Waals surface area contributed by atoms with E-state index < -0.39 is 0 Å². The van der Waals surface area contributed by atoms with Crippen molar-refractivity contribution in [3.63, 3.8) is 0 Å². The minimum atomic E-state index is 0.216. The van der Waals surface area contributed by atoms with Gasteiger partial charge in [0.05, 0.1) is 17.3 Å². The van der Waals surface area contributed by atoms with Crippen LogP contribution in [0.2, 0.25) is 5.15 Å². The molecule has 0 fully saturated rings. The molecular weight excluding hydrogens is 256 g/mol. The molecule has 0 spiro atoms. The second-order valence-corrected chi connectivity index (χ2v) is 3.84. The first-order valence-electron chi connectivity index (χ1n) is 3.70. The van der Waals surface area contributed by atoms with E-state index in [0.717, 1.165) is 11.7 Å². The number of nitrogens with zero attached hydrogens (tertiary/aromatic N) is 4. The first kappa shape index (κ1) is 10.4. The second-order valence-electron chi connectivity index (χ2n) is 2.40. The quantitative estimate of drug-likeness (QED) is 0.731. The van der Waals surface area contributed by atoms with Gasteiger partial charge in [-0.25, -0.2) is 0 Å². The maximum absolute atomic E-state index is 8.97. The Morgan fingerprint density at radius 2 is 2.40 bits per heavy atom. The number of fused-ring (bicyclic) bond motifs is 1. The highest BCUT2D eigenvalue weighted by Crippen LogP contribution is 2.29. The van der Waals surface area contributed by atoms with E-state index in [-0.39, 0.29) is 16.3 Å². The highest BCUT2D eigenvalue weighted by Gasteiger charge is 2.22. The van der Waals surface area contributed by atoms with E-state index in [0.29, 0.717) is 11.5 Å². The van der Waals surface area contributed by atoms with E-state index in [1.54, 1.807) is 6.26 Å². The van der Waals surface area contributed by atoms with Crippen LogP contribution in [-0.4, -0.2) is 15.0 Å². The molecule has 15 heavy (non-hydrogen) atoms. The minimum Gasteiger partial charge on any atom is -0.417 e. The van der Waals surface area contributed by atoms with Crippen molar-refractivity contribution in [2.24, 2.45) is 4.40 Å². The average Bonchev–Trinajstić information content (AvgIpc) is 2.57. The first-order chi connectivity index (χ1) is 7.27. The van der Waals surface area contributed by atoms with Gasteiger partial charge in [0.15, 0.2) is 5.15 Å². The molecule has 2 aliphatic heterocycles. The van der Waals surface area contributed by atoms with E-state index >= 15 is 0 Å². The van der Waals surface area contributed by atoms with Gasteiger partial charge in [0.1, 0.15) is 11.6 Å². The lowest BCUT2D eigenvalue weighted by atomic mass is 10.2. The summed E-state index contributed by atoms with van der Waals surface area (Å²) in [7, 11) is 0. The van der Waals surface area contributed by atoms with Gasteiger partial charge in [0.2, 0.25) is 11.4 Å². The molecule has 76 valence electrons. The Hall–Kier alpha value is -1.10. The number of aromatic nitrogens is 2. The van der Waals surface area contributed by atoms with Crippen LogP contribution >= 0.6 is 35.3 Å². The zero-order chi connectivity index (χ0) is 10.8. The molecule has 8 heteroatoms. The summed E-state index contributed by atoms with van der Waals surface area (Å²) < 4.78 is 17.0. The summed E-state index contributed by atoms with van der Waals surface area (Å²) in [6.07, 6.45) is 1.77. The van der Waals surface area contributed by atoms with Crippen molar-refractivity contribution >= 4 is 35.3 Å². The zero-order valence-electron chi connectivity index (χ0n) is 7.39. The Morgan fingerprint density at radius 1 is 1.60 bits per heavy atom. The topological polar surface area (TPSA) is 75.1 Å². The summed E-state index contributed by atoms with van der Waals surface area (Å²) in [5.41, 5.74) is 0.928. The molecule has 5 nitrogen and oxygen atoms in total. The normalized spacial score (nSPS) is 11.9. The van der Waals surface area contributed by atoms with Gasteiger partial charge in [-0.2, -0.15) is 14.0 Å². The molecule has 0 N–H and O–H groups in total. The maximum atomic E-state index is 8.97. The number of nitriles is 1. The SMILES string of the molecule is CSN=c1oc2nsnc(Cl)c-2c1C#N. The summed E-state index contributed by atoms with van der Waals surface area (Å²) in [5, 5.41) is 9.18. The van der Waals surface area contributed by atoms with Gasteiger partial charge in [-0.3, -0.25) is 0 Å².